The highest BCUT2D eigenvalue weighted by Gasteiger charge is 2.03. The van der Waals surface area contributed by atoms with Gasteiger partial charge in [0.2, 0.25) is 0 Å². The molecule has 0 aromatic rings. The van der Waals surface area contributed by atoms with Crippen LogP contribution in [0.4, 0.5) is 0 Å². The van der Waals surface area contributed by atoms with Crippen LogP contribution in [0.15, 0.2) is 12.3 Å². The van der Waals surface area contributed by atoms with Crippen LogP contribution in [0.2, 0.25) is 0 Å². The lowest BCUT2D eigenvalue weighted by Gasteiger charge is -2.16. The first-order valence-electron chi connectivity index (χ1n) is 2.16. The van der Waals surface area contributed by atoms with Crippen molar-refractivity contribution in [3.05, 3.63) is 12.3 Å². The summed E-state index contributed by atoms with van der Waals surface area (Å²) in [6, 6.07) is 0. The van der Waals surface area contributed by atoms with E-state index in [4.69, 9.17) is 0 Å². The minimum atomic E-state index is 0.976. The summed E-state index contributed by atoms with van der Waals surface area (Å²) in [5.41, 5.74) is 0. The Hall–Kier alpha value is -0.150. The first-order chi connectivity index (χ1) is 3.30. The molecule has 0 spiro atoms. The third kappa shape index (κ3) is 0.894. The number of nitrogens with zero attached hydrogens (tertiary/aromatic N) is 2. The Labute approximate surface area is 48.9 Å². The predicted octanol–water partition coefficient (Wildman–Crippen LogP) is 0.507. The van der Waals surface area contributed by atoms with Gasteiger partial charge in [0.05, 0.1) is 0 Å². The van der Waals surface area contributed by atoms with Gasteiger partial charge in [0.1, 0.15) is 0 Å². The molecule has 0 amide bonds. The SMILES string of the molecule is CN1CC=CN1S. The molecule has 0 bridgehead atoms. The minimum absolute atomic E-state index is 0.976. The fraction of sp³-hybridized carbons (Fsp3) is 0.500. The Balaban J connectivity index is 2.45. The number of hydrogen-bond donors (Lipinski definition) is 1. The first-order valence-corrected chi connectivity index (χ1v) is 2.56. The molecule has 0 aliphatic carbocycles. The van der Waals surface area contributed by atoms with Crippen molar-refractivity contribution < 1.29 is 0 Å². The second-order valence-electron chi connectivity index (χ2n) is 1.55. The average molecular weight is 116 g/mol. The van der Waals surface area contributed by atoms with Gasteiger partial charge >= 0.3 is 0 Å². The molecule has 0 saturated heterocycles. The molecular weight excluding hydrogens is 108 g/mol. The standard InChI is InChI=1S/C4H8N2S/c1-5-3-2-4-6(5)7/h2,4,7H,3H2,1H3. The van der Waals surface area contributed by atoms with Crippen molar-refractivity contribution in [1.29, 1.82) is 0 Å². The van der Waals surface area contributed by atoms with Crippen LogP contribution in [0.1, 0.15) is 0 Å². The molecule has 0 unspecified atom stereocenters. The normalized spacial score (nSPS) is 21.7. The highest BCUT2D eigenvalue weighted by Crippen LogP contribution is 2.05. The van der Waals surface area contributed by atoms with Crippen LogP contribution in [0.3, 0.4) is 0 Å². The molecule has 3 heteroatoms. The van der Waals surface area contributed by atoms with Gasteiger partial charge in [-0.15, -0.1) is 0 Å². The lowest BCUT2D eigenvalue weighted by molar-refractivity contribution is 0.204. The lowest BCUT2D eigenvalue weighted by atomic mass is 10.6. The van der Waals surface area contributed by atoms with Crippen molar-refractivity contribution in [2.75, 3.05) is 13.6 Å². The maximum atomic E-state index is 4.06. The number of likely N-dealkylation sites (N-methyl/N-ethyl adjacent to an activating group) is 1. The summed E-state index contributed by atoms with van der Waals surface area (Å²) in [6.07, 6.45) is 3.97. The van der Waals surface area contributed by atoms with E-state index in [0.29, 0.717) is 0 Å². The van der Waals surface area contributed by atoms with Gasteiger partial charge in [-0.3, -0.25) is 4.41 Å². The van der Waals surface area contributed by atoms with Crippen LogP contribution < -0.4 is 0 Å². The van der Waals surface area contributed by atoms with Gasteiger partial charge in [-0.05, 0) is 12.8 Å². The summed E-state index contributed by atoms with van der Waals surface area (Å²) in [7, 11) is 1.98. The summed E-state index contributed by atoms with van der Waals surface area (Å²) in [6.45, 7) is 0.976. The van der Waals surface area contributed by atoms with E-state index >= 15 is 0 Å². The van der Waals surface area contributed by atoms with Gasteiger partial charge < -0.3 is 0 Å². The zero-order valence-electron chi connectivity index (χ0n) is 4.20. The van der Waals surface area contributed by atoms with Crippen molar-refractivity contribution in [1.82, 2.24) is 9.42 Å². The number of rotatable bonds is 0. The van der Waals surface area contributed by atoms with Crippen molar-refractivity contribution in [2.24, 2.45) is 0 Å². The summed E-state index contributed by atoms with van der Waals surface area (Å²) < 4.78 is 1.75. The third-order valence-electron chi connectivity index (χ3n) is 0.958. The molecular formula is C4H8N2S. The smallest absolute Gasteiger partial charge is 0.0385 e. The molecule has 0 fully saturated rings. The van der Waals surface area contributed by atoms with Gasteiger partial charge in [0.25, 0.3) is 0 Å². The second-order valence-corrected chi connectivity index (χ2v) is 1.96. The second kappa shape index (κ2) is 1.76. The van der Waals surface area contributed by atoms with Crippen LogP contribution >= 0.6 is 12.8 Å². The molecule has 0 atom stereocenters. The zero-order valence-corrected chi connectivity index (χ0v) is 5.10. The van der Waals surface area contributed by atoms with Crippen molar-refractivity contribution in [2.45, 2.75) is 0 Å². The van der Waals surface area contributed by atoms with Gasteiger partial charge in [0, 0.05) is 19.8 Å². The number of hydrazine groups is 1. The van der Waals surface area contributed by atoms with E-state index in [1.165, 1.54) is 0 Å². The van der Waals surface area contributed by atoms with Gasteiger partial charge in [-0.2, -0.15) is 0 Å². The monoisotopic (exact) mass is 116 g/mol. The Bertz CT molecular complexity index is 91.7. The molecule has 2 nitrogen and oxygen atoms in total. The lowest BCUT2D eigenvalue weighted by Crippen LogP contribution is -2.22. The molecule has 0 aromatic carbocycles. The average Bonchev–Trinajstić information content (AvgIpc) is 1.91. The Morgan fingerprint density at radius 2 is 2.43 bits per heavy atom. The van der Waals surface area contributed by atoms with Crippen LogP contribution in [-0.4, -0.2) is 23.0 Å². The summed E-state index contributed by atoms with van der Waals surface area (Å²) in [5, 5.41) is 1.99. The fourth-order valence-corrected chi connectivity index (χ4v) is 0.659. The predicted molar refractivity (Wildman–Crippen MR) is 32.6 cm³/mol. The summed E-state index contributed by atoms with van der Waals surface area (Å²) in [5.74, 6) is 0. The Morgan fingerprint density at radius 3 is 2.57 bits per heavy atom. The minimum Gasteiger partial charge on any atom is -0.259 e. The van der Waals surface area contributed by atoms with Gasteiger partial charge in [-0.25, -0.2) is 5.01 Å². The van der Waals surface area contributed by atoms with Crippen molar-refractivity contribution in [3.8, 4) is 0 Å². The van der Waals surface area contributed by atoms with Crippen LogP contribution in [0, 0.1) is 0 Å². The molecule has 1 heterocycles. The molecule has 0 N–H and O–H groups in total. The highest BCUT2D eigenvalue weighted by atomic mass is 32.1. The van der Waals surface area contributed by atoms with Gasteiger partial charge in [0.15, 0.2) is 0 Å². The van der Waals surface area contributed by atoms with E-state index in [9.17, 15) is 0 Å². The van der Waals surface area contributed by atoms with Gasteiger partial charge in [-0.1, -0.05) is 6.08 Å². The molecule has 1 aliphatic rings. The topological polar surface area (TPSA) is 6.48 Å². The molecule has 1 rings (SSSR count). The maximum absolute atomic E-state index is 4.06. The first kappa shape index (κ1) is 5.00. The molecule has 40 valence electrons. The van der Waals surface area contributed by atoms with E-state index in [-0.39, 0.29) is 0 Å². The molecule has 7 heavy (non-hydrogen) atoms. The van der Waals surface area contributed by atoms with E-state index in [2.05, 4.69) is 12.8 Å². The van der Waals surface area contributed by atoms with E-state index in [1.54, 1.807) is 4.41 Å². The third-order valence-corrected chi connectivity index (χ3v) is 1.40. The fourth-order valence-electron chi connectivity index (χ4n) is 0.491. The van der Waals surface area contributed by atoms with Crippen molar-refractivity contribution >= 4 is 12.8 Å². The molecule has 0 aromatic heterocycles. The molecule has 1 aliphatic heterocycles. The Morgan fingerprint density at radius 1 is 1.71 bits per heavy atom. The molecule has 0 saturated carbocycles. The van der Waals surface area contributed by atoms with Crippen molar-refractivity contribution in [3.63, 3.8) is 0 Å². The zero-order chi connectivity index (χ0) is 5.28. The van der Waals surface area contributed by atoms with Crippen LogP contribution in [0.25, 0.3) is 0 Å². The number of hydrogen-bond acceptors (Lipinski definition) is 3. The quantitative estimate of drug-likeness (QED) is 0.461. The van der Waals surface area contributed by atoms with E-state index < -0.39 is 0 Å². The molecule has 0 radical (unpaired) electrons. The largest absolute Gasteiger partial charge is 0.259 e. The summed E-state index contributed by atoms with van der Waals surface area (Å²) >= 11 is 4.06. The van der Waals surface area contributed by atoms with E-state index in [1.807, 2.05) is 24.3 Å². The van der Waals surface area contributed by atoms with Crippen LogP contribution in [-0.2, 0) is 0 Å². The van der Waals surface area contributed by atoms with E-state index in [0.717, 1.165) is 6.54 Å². The summed E-state index contributed by atoms with van der Waals surface area (Å²) in [4.78, 5) is 0. The maximum Gasteiger partial charge on any atom is 0.0385 e. The van der Waals surface area contributed by atoms with Crippen LogP contribution in [0.5, 0.6) is 0 Å². The number of thiol groups is 1. The Kier molecular flexibility index (Phi) is 1.25. The highest BCUT2D eigenvalue weighted by molar-refractivity contribution is 7.77.